The lowest BCUT2D eigenvalue weighted by molar-refractivity contribution is -0.0257. The van der Waals surface area contributed by atoms with Crippen molar-refractivity contribution in [2.45, 2.75) is 39.1 Å². The largest absolute Gasteiger partial charge is 0.459 e. The molecule has 6 nitrogen and oxygen atoms in total. The van der Waals surface area contributed by atoms with E-state index in [4.69, 9.17) is 4.74 Å². The van der Waals surface area contributed by atoms with Crippen LogP contribution in [-0.2, 0) is 0 Å². The Bertz CT molecular complexity index is 866. The fourth-order valence-corrected chi connectivity index (χ4v) is 3.59. The lowest BCUT2D eigenvalue weighted by Crippen LogP contribution is -2.44. The molecule has 1 heterocycles. The van der Waals surface area contributed by atoms with Gasteiger partial charge in [0.2, 0.25) is 5.85 Å². The number of carbonyl (C=O) groups excluding carboxylic acids is 2. The van der Waals surface area contributed by atoms with Crippen LogP contribution in [0.15, 0.2) is 54.6 Å². The molecule has 160 valence electrons. The SMILES string of the molecule is CCN(C(=O)Nc1ccc(OC(C)(C)F)cc1)C1CCN(C(=O)c2ccccc2)C1. The van der Waals surface area contributed by atoms with Crippen molar-refractivity contribution in [1.82, 2.24) is 9.80 Å². The van der Waals surface area contributed by atoms with Crippen LogP contribution in [0.4, 0.5) is 14.9 Å². The van der Waals surface area contributed by atoms with E-state index in [2.05, 4.69) is 5.32 Å². The maximum atomic E-state index is 13.6. The summed E-state index contributed by atoms with van der Waals surface area (Å²) in [7, 11) is 0. The predicted molar refractivity (Wildman–Crippen MR) is 114 cm³/mol. The molecule has 2 aromatic rings. The van der Waals surface area contributed by atoms with Crippen molar-refractivity contribution >= 4 is 17.6 Å². The number of alkyl halides is 1. The van der Waals surface area contributed by atoms with Crippen molar-refractivity contribution in [2.24, 2.45) is 0 Å². The number of amides is 3. The van der Waals surface area contributed by atoms with E-state index in [1.807, 2.05) is 25.1 Å². The van der Waals surface area contributed by atoms with Gasteiger partial charge in [-0.25, -0.2) is 4.79 Å². The van der Waals surface area contributed by atoms with Gasteiger partial charge < -0.3 is 19.9 Å². The van der Waals surface area contributed by atoms with Crippen molar-refractivity contribution < 1.29 is 18.7 Å². The van der Waals surface area contributed by atoms with Crippen molar-refractivity contribution in [3.63, 3.8) is 0 Å². The molecular weight excluding hydrogens is 385 g/mol. The standard InChI is InChI=1S/C23H28FN3O3/c1-4-27(19-14-15-26(16-19)21(28)17-8-6-5-7-9-17)22(29)25-18-10-12-20(13-11-18)30-23(2,3)24/h5-13,19H,4,14-16H2,1-3H3,(H,25,29). The monoisotopic (exact) mass is 413 g/mol. The van der Waals surface area contributed by atoms with Gasteiger partial charge >= 0.3 is 6.03 Å². The van der Waals surface area contributed by atoms with Crippen LogP contribution in [0.5, 0.6) is 5.75 Å². The summed E-state index contributed by atoms with van der Waals surface area (Å²) in [5.41, 5.74) is 1.25. The first-order valence-electron chi connectivity index (χ1n) is 10.2. The number of likely N-dealkylation sites (tertiary alicyclic amines) is 1. The maximum Gasteiger partial charge on any atom is 0.322 e. The second kappa shape index (κ2) is 9.15. The first-order chi connectivity index (χ1) is 14.3. The van der Waals surface area contributed by atoms with E-state index in [9.17, 15) is 14.0 Å². The molecule has 1 fully saturated rings. The molecule has 0 radical (unpaired) electrons. The summed E-state index contributed by atoms with van der Waals surface area (Å²) in [5, 5.41) is 2.87. The number of urea groups is 1. The smallest absolute Gasteiger partial charge is 0.322 e. The minimum atomic E-state index is -1.77. The summed E-state index contributed by atoms with van der Waals surface area (Å²) in [5.74, 6) is -1.39. The van der Waals surface area contributed by atoms with E-state index in [-0.39, 0.29) is 18.0 Å². The fourth-order valence-electron chi connectivity index (χ4n) is 3.59. The van der Waals surface area contributed by atoms with Crippen LogP contribution in [0.25, 0.3) is 0 Å². The number of nitrogens with zero attached hydrogens (tertiary/aromatic N) is 2. The number of carbonyl (C=O) groups is 2. The molecule has 1 aliphatic heterocycles. The molecule has 0 spiro atoms. The number of likely N-dealkylation sites (N-methyl/N-ethyl adjacent to an activating group) is 1. The van der Waals surface area contributed by atoms with Gasteiger partial charge in [-0.15, -0.1) is 0 Å². The Labute approximate surface area is 176 Å². The van der Waals surface area contributed by atoms with Crippen molar-refractivity contribution in [1.29, 1.82) is 0 Å². The highest BCUT2D eigenvalue weighted by molar-refractivity contribution is 5.94. The lowest BCUT2D eigenvalue weighted by atomic mass is 10.2. The molecule has 0 aromatic heterocycles. The molecule has 3 rings (SSSR count). The highest BCUT2D eigenvalue weighted by Gasteiger charge is 2.32. The van der Waals surface area contributed by atoms with Crippen molar-refractivity contribution in [2.75, 3.05) is 25.0 Å². The Morgan fingerprint density at radius 2 is 1.83 bits per heavy atom. The highest BCUT2D eigenvalue weighted by Crippen LogP contribution is 2.23. The molecule has 1 atom stereocenters. The first-order valence-corrected chi connectivity index (χ1v) is 10.2. The van der Waals surface area contributed by atoms with Crippen molar-refractivity contribution in [3.05, 3.63) is 60.2 Å². The third-order valence-corrected chi connectivity index (χ3v) is 4.98. The van der Waals surface area contributed by atoms with Crippen LogP contribution < -0.4 is 10.1 Å². The summed E-state index contributed by atoms with van der Waals surface area (Å²) in [6.07, 6.45) is 0.734. The number of ether oxygens (including phenoxy) is 1. The number of benzene rings is 2. The molecule has 0 aliphatic carbocycles. The van der Waals surface area contributed by atoms with E-state index in [0.29, 0.717) is 36.6 Å². The molecule has 30 heavy (non-hydrogen) atoms. The summed E-state index contributed by atoms with van der Waals surface area (Å²) in [6.45, 7) is 6.23. The number of rotatable bonds is 6. The Morgan fingerprint density at radius 3 is 2.43 bits per heavy atom. The first kappa shape index (κ1) is 21.6. The number of hydrogen-bond acceptors (Lipinski definition) is 3. The zero-order valence-electron chi connectivity index (χ0n) is 17.6. The van der Waals surface area contributed by atoms with Crippen LogP contribution in [0.1, 0.15) is 37.6 Å². The number of halogens is 1. The van der Waals surface area contributed by atoms with Crippen LogP contribution in [0.2, 0.25) is 0 Å². The quantitative estimate of drug-likeness (QED) is 0.756. The van der Waals surface area contributed by atoms with Gasteiger partial charge in [0.05, 0.1) is 6.04 Å². The maximum absolute atomic E-state index is 13.6. The average Bonchev–Trinajstić information content (AvgIpc) is 3.19. The fraction of sp³-hybridized carbons (Fsp3) is 0.391. The van der Waals surface area contributed by atoms with E-state index < -0.39 is 5.85 Å². The van der Waals surface area contributed by atoms with Gasteiger partial charge in [0, 0.05) is 44.7 Å². The molecule has 0 saturated carbocycles. The molecule has 1 saturated heterocycles. The van der Waals surface area contributed by atoms with Gasteiger partial charge in [0.25, 0.3) is 5.91 Å². The van der Waals surface area contributed by atoms with Gasteiger partial charge in [-0.3, -0.25) is 4.79 Å². The Kier molecular flexibility index (Phi) is 6.59. The van der Waals surface area contributed by atoms with Crippen LogP contribution in [-0.4, -0.2) is 53.3 Å². The lowest BCUT2D eigenvalue weighted by Gasteiger charge is -2.28. The van der Waals surface area contributed by atoms with Crippen LogP contribution >= 0.6 is 0 Å². The second-order valence-electron chi connectivity index (χ2n) is 7.77. The third-order valence-electron chi connectivity index (χ3n) is 4.98. The van der Waals surface area contributed by atoms with Crippen molar-refractivity contribution in [3.8, 4) is 5.75 Å². The normalized spacial score (nSPS) is 16.3. The van der Waals surface area contributed by atoms with E-state index in [1.165, 1.54) is 13.8 Å². The van der Waals surface area contributed by atoms with Gasteiger partial charge in [-0.2, -0.15) is 4.39 Å². The predicted octanol–water partition coefficient (Wildman–Crippen LogP) is 4.54. The van der Waals surface area contributed by atoms with E-state index in [0.717, 1.165) is 6.42 Å². The van der Waals surface area contributed by atoms with Crippen LogP contribution in [0.3, 0.4) is 0 Å². The average molecular weight is 413 g/mol. The minimum Gasteiger partial charge on any atom is -0.459 e. The zero-order chi connectivity index (χ0) is 21.7. The highest BCUT2D eigenvalue weighted by atomic mass is 19.2. The number of hydrogen-bond donors (Lipinski definition) is 1. The topological polar surface area (TPSA) is 61.9 Å². The second-order valence-corrected chi connectivity index (χ2v) is 7.77. The minimum absolute atomic E-state index is 0.0130. The molecule has 0 bridgehead atoms. The Balaban J connectivity index is 1.59. The summed E-state index contributed by atoms with van der Waals surface area (Å²) in [4.78, 5) is 29.0. The molecule has 7 heteroatoms. The van der Waals surface area contributed by atoms with E-state index in [1.54, 1.807) is 46.2 Å². The Morgan fingerprint density at radius 1 is 1.17 bits per heavy atom. The molecular formula is C23H28FN3O3. The van der Waals surface area contributed by atoms with Gasteiger partial charge in [-0.1, -0.05) is 18.2 Å². The van der Waals surface area contributed by atoms with Gasteiger partial charge in [0.1, 0.15) is 5.75 Å². The Hall–Kier alpha value is -3.09. The zero-order valence-corrected chi connectivity index (χ0v) is 17.6. The van der Waals surface area contributed by atoms with Crippen LogP contribution in [0, 0.1) is 0 Å². The summed E-state index contributed by atoms with van der Waals surface area (Å²) < 4.78 is 18.7. The summed E-state index contributed by atoms with van der Waals surface area (Å²) >= 11 is 0. The van der Waals surface area contributed by atoms with Gasteiger partial charge in [-0.05, 0) is 49.7 Å². The third kappa shape index (κ3) is 5.49. The number of anilines is 1. The van der Waals surface area contributed by atoms with E-state index >= 15 is 0 Å². The molecule has 1 aliphatic rings. The molecule has 2 aromatic carbocycles. The number of nitrogens with one attached hydrogen (secondary N) is 1. The molecule has 3 amide bonds. The molecule has 1 unspecified atom stereocenters. The van der Waals surface area contributed by atoms with Gasteiger partial charge in [0.15, 0.2) is 0 Å². The molecule has 1 N–H and O–H groups in total. The summed E-state index contributed by atoms with van der Waals surface area (Å²) in [6, 6.07) is 15.5.